The second kappa shape index (κ2) is 3.88. The first-order valence-electron chi connectivity index (χ1n) is 4.96. The highest BCUT2D eigenvalue weighted by molar-refractivity contribution is 5.43. The lowest BCUT2D eigenvalue weighted by molar-refractivity contribution is 0.265. The van der Waals surface area contributed by atoms with E-state index < -0.39 is 0 Å². The van der Waals surface area contributed by atoms with Crippen molar-refractivity contribution in [3.63, 3.8) is 0 Å². The third-order valence-corrected chi connectivity index (χ3v) is 2.38. The Bertz CT molecular complexity index is 325. The topological polar surface area (TPSA) is 44.5 Å². The second-order valence-corrected chi connectivity index (χ2v) is 3.38. The fourth-order valence-electron chi connectivity index (χ4n) is 1.65. The molecule has 0 fully saturated rings. The molecule has 0 radical (unpaired) electrons. The van der Waals surface area contributed by atoms with Gasteiger partial charge in [0.25, 0.3) is 0 Å². The minimum Gasteiger partial charge on any atom is -0.494 e. The highest BCUT2D eigenvalue weighted by atomic mass is 16.5. The lowest BCUT2D eigenvalue weighted by atomic mass is 10.0. The van der Waals surface area contributed by atoms with Gasteiger partial charge in [0.15, 0.2) is 0 Å². The molecule has 3 nitrogen and oxygen atoms in total. The van der Waals surface area contributed by atoms with E-state index in [0.29, 0.717) is 13.2 Å². The molecule has 3 heteroatoms. The summed E-state index contributed by atoms with van der Waals surface area (Å²) >= 11 is 0. The van der Waals surface area contributed by atoms with Crippen LogP contribution in [-0.4, -0.2) is 13.2 Å². The monoisotopic (exact) mass is 193 g/mol. The van der Waals surface area contributed by atoms with Crippen LogP contribution >= 0.6 is 0 Å². The fraction of sp³-hybridized carbons (Fsp3) is 0.455. The Morgan fingerprint density at radius 3 is 3.21 bits per heavy atom. The smallest absolute Gasteiger partial charge is 0.127 e. The molecule has 14 heavy (non-hydrogen) atoms. The second-order valence-electron chi connectivity index (χ2n) is 3.38. The van der Waals surface area contributed by atoms with Gasteiger partial charge in [0.1, 0.15) is 11.5 Å². The summed E-state index contributed by atoms with van der Waals surface area (Å²) in [6, 6.07) is 5.95. The maximum Gasteiger partial charge on any atom is 0.127 e. The molecule has 1 aromatic rings. The first kappa shape index (κ1) is 9.34. The predicted octanol–water partition coefficient (Wildman–Crippen LogP) is 1.87. The van der Waals surface area contributed by atoms with Crippen molar-refractivity contribution in [2.75, 3.05) is 13.2 Å². The third kappa shape index (κ3) is 1.68. The molecule has 1 aliphatic heterocycles. The van der Waals surface area contributed by atoms with Crippen LogP contribution in [-0.2, 0) is 0 Å². The molecule has 0 saturated carbocycles. The molecule has 0 spiro atoms. The Kier molecular flexibility index (Phi) is 2.59. The van der Waals surface area contributed by atoms with Crippen molar-refractivity contribution in [2.45, 2.75) is 19.4 Å². The number of benzene rings is 1. The summed E-state index contributed by atoms with van der Waals surface area (Å²) in [6.45, 7) is 3.33. The van der Waals surface area contributed by atoms with Crippen LogP contribution in [0.4, 0.5) is 0 Å². The predicted molar refractivity (Wildman–Crippen MR) is 54.7 cm³/mol. The average Bonchev–Trinajstić information content (AvgIpc) is 2.18. The SMILES string of the molecule is CCOc1ccc2c(c1)OCCC2N. The molecule has 2 N–H and O–H groups in total. The Labute approximate surface area is 83.8 Å². The number of rotatable bonds is 2. The Balaban J connectivity index is 2.29. The number of fused-ring (bicyclic) bond motifs is 1. The maximum atomic E-state index is 5.95. The number of hydrogen-bond acceptors (Lipinski definition) is 3. The van der Waals surface area contributed by atoms with Gasteiger partial charge in [0.05, 0.1) is 13.2 Å². The third-order valence-electron chi connectivity index (χ3n) is 2.38. The zero-order chi connectivity index (χ0) is 9.97. The molecule has 2 rings (SSSR count). The molecule has 1 heterocycles. The molecule has 1 unspecified atom stereocenters. The zero-order valence-electron chi connectivity index (χ0n) is 8.32. The Morgan fingerprint density at radius 2 is 2.43 bits per heavy atom. The number of ether oxygens (including phenoxy) is 2. The molecule has 76 valence electrons. The maximum absolute atomic E-state index is 5.95. The quantitative estimate of drug-likeness (QED) is 0.779. The van der Waals surface area contributed by atoms with Gasteiger partial charge in [-0.3, -0.25) is 0 Å². The van der Waals surface area contributed by atoms with Crippen molar-refractivity contribution in [3.8, 4) is 11.5 Å². The van der Waals surface area contributed by atoms with Crippen LogP contribution in [0.15, 0.2) is 18.2 Å². The standard InChI is InChI=1S/C11H15NO2/c1-2-13-8-3-4-9-10(12)5-6-14-11(9)7-8/h3-4,7,10H,2,5-6,12H2,1H3. The van der Waals surface area contributed by atoms with E-state index in [-0.39, 0.29) is 6.04 Å². The summed E-state index contributed by atoms with van der Waals surface area (Å²) in [5.41, 5.74) is 7.03. The fourth-order valence-corrected chi connectivity index (χ4v) is 1.65. The van der Waals surface area contributed by atoms with Gasteiger partial charge in [-0.25, -0.2) is 0 Å². The van der Waals surface area contributed by atoms with E-state index >= 15 is 0 Å². The van der Waals surface area contributed by atoms with E-state index in [2.05, 4.69) is 0 Å². The van der Waals surface area contributed by atoms with E-state index in [1.165, 1.54) is 0 Å². The van der Waals surface area contributed by atoms with Gasteiger partial charge >= 0.3 is 0 Å². The van der Waals surface area contributed by atoms with Crippen molar-refractivity contribution in [1.82, 2.24) is 0 Å². The highest BCUT2D eigenvalue weighted by Gasteiger charge is 2.18. The van der Waals surface area contributed by atoms with Gasteiger partial charge in [-0.2, -0.15) is 0 Å². The van der Waals surface area contributed by atoms with E-state index in [9.17, 15) is 0 Å². The Morgan fingerprint density at radius 1 is 1.57 bits per heavy atom. The summed E-state index contributed by atoms with van der Waals surface area (Å²) in [5, 5.41) is 0. The minimum atomic E-state index is 0.106. The van der Waals surface area contributed by atoms with Crippen molar-refractivity contribution in [1.29, 1.82) is 0 Å². The van der Waals surface area contributed by atoms with Crippen molar-refractivity contribution >= 4 is 0 Å². The summed E-state index contributed by atoms with van der Waals surface area (Å²) in [6.07, 6.45) is 0.890. The highest BCUT2D eigenvalue weighted by Crippen LogP contribution is 2.33. The van der Waals surface area contributed by atoms with Crippen LogP contribution in [0.5, 0.6) is 11.5 Å². The number of nitrogens with two attached hydrogens (primary N) is 1. The molecule has 0 amide bonds. The molecule has 0 bridgehead atoms. The lowest BCUT2D eigenvalue weighted by Gasteiger charge is -2.23. The molecule has 0 saturated heterocycles. The largest absolute Gasteiger partial charge is 0.494 e. The summed E-state index contributed by atoms with van der Waals surface area (Å²) in [5.74, 6) is 1.72. The van der Waals surface area contributed by atoms with Gasteiger partial charge in [-0.05, 0) is 13.0 Å². The van der Waals surface area contributed by atoms with Crippen LogP contribution in [0.1, 0.15) is 24.9 Å². The first-order chi connectivity index (χ1) is 6.81. The zero-order valence-corrected chi connectivity index (χ0v) is 8.32. The van der Waals surface area contributed by atoms with E-state index in [0.717, 1.165) is 23.5 Å². The minimum absolute atomic E-state index is 0.106. The number of hydrogen-bond donors (Lipinski definition) is 1. The summed E-state index contributed by atoms with van der Waals surface area (Å²) in [4.78, 5) is 0. The van der Waals surface area contributed by atoms with Crippen molar-refractivity contribution < 1.29 is 9.47 Å². The first-order valence-corrected chi connectivity index (χ1v) is 4.96. The van der Waals surface area contributed by atoms with Gasteiger partial charge in [0.2, 0.25) is 0 Å². The van der Waals surface area contributed by atoms with Gasteiger partial charge < -0.3 is 15.2 Å². The van der Waals surface area contributed by atoms with Crippen LogP contribution in [0.2, 0.25) is 0 Å². The van der Waals surface area contributed by atoms with Crippen LogP contribution in [0.3, 0.4) is 0 Å². The Hall–Kier alpha value is -1.22. The van der Waals surface area contributed by atoms with E-state index in [1.54, 1.807) is 0 Å². The van der Waals surface area contributed by atoms with Crippen molar-refractivity contribution in [3.05, 3.63) is 23.8 Å². The van der Waals surface area contributed by atoms with Gasteiger partial charge in [0, 0.05) is 24.1 Å². The molecule has 1 atom stereocenters. The van der Waals surface area contributed by atoms with E-state index in [4.69, 9.17) is 15.2 Å². The molecular formula is C11H15NO2. The van der Waals surface area contributed by atoms with Gasteiger partial charge in [-0.15, -0.1) is 0 Å². The molecule has 1 aliphatic rings. The normalized spacial score (nSPS) is 19.7. The van der Waals surface area contributed by atoms with Gasteiger partial charge in [-0.1, -0.05) is 6.07 Å². The molecule has 0 aromatic heterocycles. The summed E-state index contributed by atoms with van der Waals surface area (Å²) < 4.78 is 10.9. The van der Waals surface area contributed by atoms with Crippen LogP contribution in [0, 0.1) is 0 Å². The lowest BCUT2D eigenvalue weighted by Crippen LogP contribution is -2.20. The van der Waals surface area contributed by atoms with Crippen LogP contribution in [0.25, 0.3) is 0 Å². The van der Waals surface area contributed by atoms with Crippen molar-refractivity contribution in [2.24, 2.45) is 5.73 Å². The average molecular weight is 193 g/mol. The summed E-state index contributed by atoms with van der Waals surface area (Å²) in [7, 11) is 0. The van der Waals surface area contributed by atoms with E-state index in [1.807, 2.05) is 25.1 Å². The molecular weight excluding hydrogens is 178 g/mol. The van der Waals surface area contributed by atoms with Crippen LogP contribution < -0.4 is 15.2 Å². The molecule has 1 aromatic carbocycles. The molecule has 0 aliphatic carbocycles.